The number of nitrogens with one attached hydrogen (secondary N) is 2. The first-order valence-corrected chi connectivity index (χ1v) is 7.83. The van der Waals surface area contributed by atoms with Crippen LogP contribution < -0.4 is 10.6 Å². The molecule has 0 aliphatic rings. The Balaban J connectivity index is 2.04. The fourth-order valence-electron chi connectivity index (χ4n) is 2.56. The average Bonchev–Trinajstić information content (AvgIpc) is 2.52. The molecular formula is C19H22N2O3. The number of benzene rings is 2. The molecule has 5 heteroatoms. The van der Waals surface area contributed by atoms with E-state index in [0.717, 1.165) is 22.4 Å². The lowest BCUT2D eigenvalue weighted by molar-refractivity contribution is 0.0526. The van der Waals surface area contributed by atoms with E-state index in [1.165, 1.54) is 0 Å². The van der Waals surface area contributed by atoms with Crippen molar-refractivity contribution in [3.8, 4) is 0 Å². The van der Waals surface area contributed by atoms with Crippen LogP contribution in [0.1, 0.15) is 34.0 Å². The molecule has 0 radical (unpaired) electrons. The summed E-state index contributed by atoms with van der Waals surface area (Å²) in [6.07, 6.45) is 0. The first kappa shape index (κ1) is 17.5. The van der Waals surface area contributed by atoms with Crippen LogP contribution in [-0.2, 0) is 4.74 Å². The summed E-state index contributed by atoms with van der Waals surface area (Å²) in [7, 11) is 0. The van der Waals surface area contributed by atoms with Crippen molar-refractivity contribution in [3.05, 3.63) is 58.7 Å². The largest absolute Gasteiger partial charge is 0.462 e. The molecule has 24 heavy (non-hydrogen) atoms. The Hall–Kier alpha value is -2.82. The van der Waals surface area contributed by atoms with Crippen LogP contribution in [0, 0.1) is 20.8 Å². The number of carbonyl (C=O) groups excluding carboxylic acids is 2. The van der Waals surface area contributed by atoms with Crippen LogP contribution in [0.5, 0.6) is 0 Å². The zero-order valence-electron chi connectivity index (χ0n) is 14.4. The Morgan fingerprint density at radius 1 is 0.958 bits per heavy atom. The number of urea groups is 1. The lowest BCUT2D eigenvalue weighted by Gasteiger charge is -2.13. The van der Waals surface area contributed by atoms with Gasteiger partial charge in [-0.1, -0.05) is 17.7 Å². The highest BCUT2D eigenvalue weighted by atomic mass is 16.5. The molecule has 0 fully saturated rings. The summed E-state index contributed by atoms with van der Waals surface area (Å²) in [6.45, 7) is 8.03. The molecule has 0 aliphatic heterocycles. The summed E-state index contributed by atoms with van der Waals surface area (Å²) in [4.78, 5) is 23.8. The van der Waals surface area contributed by atoms with Crippen molar-refractivity contribution >= 4 is 23.4 Å². The Bertz CT molecular complexity index is 729. The van der Waals surface area contributed by atoms with E-state index in [2.05, 4.69) is 10.6 Å². The van der Waals surface area contributed by atoms with Crippen molar-refractivity contribution in [2.45, 2.75) is 27.7 Å². The van der Waals surface area contributed by atoms with Gasteiger partial charge in [0.2, 0.25) is 0 Å². The molecule has 0 spiro atoms. The minimum Gasteiger partial charge on any atom is -0.462 e. The predicted molar refractivity (Wildman–Crippen MR) is 95.7 cm³/mol. The molecule has 0 aromatic heterocycles. The highest BCUT2D eigenvalue weighted by Gasteiger charge is 2.10. The molecule has 2 aromatic rings. The van der Waals surface area contributed by atoms with E-state index in [9.17, 15) is 9.59 Å². The zero-order valence-corrected chi connectivity index (χ0v) is 14.4. The second-order valence-electron chi connectivity index (χ2n) is 5.65. The zero-order chi connectivity index (χ0) is 17.7. The minimum atomic E-state index is -0.376. The van der Waals surface area contributed by atoms with E-state index < -0.39 is 0 Å². The molecule has 126 valence electrons. The molecule has 0 bridgehead atoms. The number of hydrogen-bond donors (Lipinski definition) is 2. The Morgan fingerprint density at radius 3 is 2.08 bits per heavy atom. The fraction of sp³-hybridized carbons (Fsp3) is 0.263. The van der Waals surface area contributed by atoms with Crippen LogP contribution in [0.3, 0.4) is 0 Å². The van der Waals surface area contributed by atoms with Crippen LogP contribution >= 0.6 is 0 Å². The summed E-state index contributed by atoms with van der Waals surface area (Å²) >= 11 is 0. The molecule has 0 heterocycles. The number of ether oxygens (including phenoxy) is 1. The second-order valence-corrected chi connectivity index (χ2v) is 5.65. The molecular weight excluding hydrogens is 304 g/mol. The first-order valence-electron chi connectivity index (χ1n) is 7.83. The molecule has 2 rings (SSSR count). The van der Waals surface area contributed by atoms with E-state index in [1.54, 1.807) is 31.2 Å². The number of aryl methyl sites for hydroxylation is 3. The predicted octanol–water partition coefficient (Wildman–Crippen LogP) is 4.43. The smallest absolute Gasteiger partial charge is 0.338 e. The molecule has 2 amide bonds. The lowest BCUT2D eigenvalue weighted by Crippen LogP contribution is -2.20. The third kappa shape index (κ3) is 4.35. The van der Waals surface area contributed by atoms with E-state index in [1.807, 2.05) is 32.9 Å². The number of rotatable bonds is 4. The highest BCUT2D eigenvalue weighted by Crippen LogP contribution is 2.22. The van der Waals surface area contributed by atoms with Gasteiger partial charge in [0.15, 0.2) is 0 Å². The number of carbonyl (C=O) groups is 2. The van der Waals surface area contributed by atoms with Gasteiger partial charge in [-0.2, -0.15) is 0 Å². The molecule has 2 aromatic carbocycles. The average molecular weight is 326 g/mol. The molecule has 0 saturated heterocycles. The Labute approximate surface area is 142 Å². The van der Waals surface area contributed by atoms with Gasteiger partial charge in [0.05, 0.1) is 12.2 Å². The van der Waals surface area contributed by atoms with E-state index in [0.29, 0.717) is 17.9 Å². The van der Waals surface area contributed by atoms with Crippen LogP contribution in [0.25, 0.3) is 0 Å². The van der Waals surface area contributed by atoms with Crippen molar-refractivity contribution in [1.29, 1.82) is 0 Å². The normalized spacial score (nSPS) is 10.2. The molecule has 2 N–H and O–H groups in total. The van der Waals surface area contributed by atoms with E-state index in [-0.39, 0.29) is 12.0 Å². The van der Waals surface area contributed by atoms with Crippen LogP contribution in [0.15, 0.2) is 36.4 Å². The molecule has 0 unspecified atom stereocenters. The topological polar surface area (TPSA) is 67.4 Å². The van der Waals surface area contributed by atoms with Crippen LogP contribution in [0.4, 0.5) is 16.2 Å². The fourth-order valence-corrected chi connectivity index (χ4v) is 2.56. The van der Waals surface area contributed by atoms with Gasteiger partial charge in [-0.3, -0.25) is 0 Å². The second kappa shape index (κ2) is 7.64. The SMILES string of the molecule is CCOC(=O)c1ccc(NC(=O)Nc2c(C)cc(C)cc2C)cc1. The van der Waals surface area contributed by atoms with Gasteiger partial charge in [0.25, 0.3) is 0 Å². The van der Waals surface area contributed by atoms with Crippen LogP contribution in [-0.4, -0.2) is 18.6 Å². The lowest BCUT2D eigenvalue weighted by atomic mass is 10.1. The van der Waals surface area contributed by atoms with E-state index >= 15 is 0 Å². The van der Waals surface area contributed by atoms with Gasteiger partial charge in [-0.15, -0.1) is 0 Å². The molecule has 0 saturated carbocycles. The number of anilines is 2. The number of esters is 1. The van der Waals surface area contributed by atoms with Crippen molar-refractivity contribution in [2.75, 3.05) is 17.2 Å². The van der Waals surface area contributed by atoms with Crippen molar-refractivity contribution in [1.82, 2.24) is 0 Å². The summed E-state index contributed by atoms with van der Waals surface area (Å²) in [6, 6.07) is 10.3. The van der Waals surface area contributed by atoms with Gasteiger partial charge in [0, 0.05) is 11.4 Å². The monoisotopic (exact) mass is 326 g/mol. The third-order valence-electron chi connectivity index (χ3n) is 3.57. The summed E-state index contributed by atoms with van der Waals surface area (Å²) < 4.78 is 4.93. The summed E-state index contributed by atoms with van der Waals surface area (Å²) in [5.41, 5.74) is 5.04. The summed E-state index contributed by atoms with van der Waals surface area (Å²) in [5.74, 6) is -0.376. The van der Waals surface area contributed by atoms with Crippen molar-refractivity contribution in [2.24, 2.45) is 0 Å². The maximum absolute atomic E-state index is 12.2. The quantitative estimate of drug-likeness (QED) is 0.817. The maximum atomic E-state index is 12.2. The van der Waals surface area contributed by atoms with E-state index in [4.69, 9.17) is 4.74 Å². The van der Waals surface area contributed by atoms with Gasteiger partial charge in [0.1, 0.15) is 0 Å². The highest BCUT2D eigenvalue weighted by molar-refractivity contribution is 6.01. The Kier molecular flexibility index (Phi) is 5.58. The van der Waals surface area contributed by atoms with Gasteiger partial charge >= 0.3 is 12.0 Å². The van der Waals surface area contributed by atoms with Crippen molar-refractivity contribution < 1.29 is 14.3 Å². The Morgan fingerprint density at radius 2 is 1.54 bits per heavy atom. The number of hydrogen-bond acceptors (Lipinski definition) is 3. The summed E-state index contributed by atoms with van der Waals surface area (Å²) in [5, 5.41) is 5.63. The third-order valence-corrected chi connectivity index (χ3v) is 3.57. The van der Waals surface area contributed by atoms with Gasteiger partial charge < -0.3 is 15.4 Å². The van der Waals surface area contributed by atoms with Gasteiger partial charge in [-0.25, -0.2) is 9.59 Å². The molecule has 5 nitrogen and oxygen atoms in total. The van der Waals surface area contributed by atoms with Gasteiger partial charge in [-0.05, 0) is 63.1 Å². The number of amides is 2. The molecule has 0 atom stereocenters. The van der Waals surface area contributed by atoms with Crippen molar-refractivity contribution in [3.63, 3.8) is 0 Å². The first-order chi connectivity index (χ1) is 11.4. The molecule has 0 aliphatic carbocycles. The van der Waals surface area contributed by atoms with Crippen LogP contribution in [0.2, 0.25) is 0 Å². The minimum absolute atomic E-state index is 0.325. The maximum Gasteiger partial charge on any atom is 0.338 e. The standard InChI is InChI=1S/C19H22N2O3/c1-5-24-18(22)15-6-8-16(9-7-15)20-19(23)21-17-13(3)10-12(2)11-14(17)4/h6-11H,5H2,1-4H3,(H2,20,21,23).